The molecule has 0 saturated heterocycles. The van der Waals surface area contributed by atoms with Crippen LogP contribution in [0, 0.1) is 0 Å². The molecule has 1 unspecified atom stereocenters. The van der Waals surface area contributed by atoms with E-state index in [2.05, 4.69) is 80.2 Å². The molecule has 0 saturated carbocycles. The zero-order chi connectivity index (χ0) is 13.7. The Morgan fingerprint density at radius 3 is 1.06 bits per heavy atom. The molecule has 0 aliphatic rings. The van der Waals surface area contributed by atoms with Gasteiger partial charge in [-0.15, -0.1) is 9.24 Å². The predicted octanol–water partition coefficient (Wildman–Crippen LogP) is 3.90. The first kappa shape index (κ1) is 16.8. The van der Waals surface area contributed by atoms with Gasteiger partial charge in [0.05, 0.1) is 0 Å². The highest BCUT2D eigenvalue weighted by molar-refractivity contribution is 7.20. The van der Waals surface area contributed by atoms with Gasteiger partial charge in [-0.1, -0.05) is 0 Å². The van der Waals surface area contributed by atoms with Crippen molar-refractivity contribution < 1.29 is 0 Å². The smallest absolute Gasteiger partial charge is 0.105 e. The van der Waals surface area contributed by atoms with Gasteiger partial charge in [0, 0.05) is 24.2 Å². The van der Waals surface area contributed by atoms with Gasteiger partial charge in [0.2, 0.25) is 0 Å². The Labute approximate surface area is 111 Å². The predicted molar refractivity (Wildman–Crippen MR) is 82.0 cm³/mol. The molecule has 0 aromatic carbocycles. The van der Waals surface area contributed by atoms with Crippen molar-refractivity contribution in [3.8, 4) is 0 Å². The molecule has 3 heteroatoms. The molecule has 0 aliphatic heterocycles. The first-order chi connectivity index (χ1) is 7.73. The molecular formula is C14H31N2P. The second kappa shape index (κ2) is 7.26. The van der Waals surface area contributed by atoms with E-state index in [-0.39, 0.29) is 0 Å². The van der Waals surface area contributed by atoms with Gasteiger partial charge in [0.1, 0.15) is 5.82 Å². The lowest BCUT2D eigenvalue weighted by Gasteiger charge is -2.44. The average molecular weight is 258 g/mol. The lowest BCUT2D eigenvalue weighted by atomic mass is 10.2. The van der Waals surface area contributed by atoms with Gasteiger partial charge in [-0.25, -0.2) is 0 Å². The number of rotatable bonds is 6. The van der Waals surface area contributed by atoms with Gasteiger partial charge in [-0.2, -0.15) is 0 Å². The van der Waals surface area contributed by atoms with Crippen molar-refractivity contribution in [3.05, 3.63) is 11.6 Å². The lowest BCUT2D eigenvalue weighted by Crippen LogP contribution is -2.47. The molecule has 0 spiro atoms. The van der Waals surface area contributed by atoms with E-state index in [4.69, 9.17) is 0 Å². The SMILES string of the molecule is CC(C)N(C(=CP)N(C(C)C)C(C)C)C(C)C. The van der Waals surface area contributed by atoms with Gasteiger partial charge < -0.3 is 9.80 Å². The summed E-state index contributed by atoms with van der Waals surface area (Å²) in [6, 6.07) is 2.06. The van der Waals surface area contributed by atoms with Crippen molar-refractivity contribution in [3.63, 3.8) is 0 Å². The molecule has 0 aliphatic carbocycles. The highest BCUT2D eigenvalue weighted by Gasteiger charge is 2.24. The van der Waals surface area contributed by atoms with E-state index in [0.29, 0.717) is 24.2 Å². The van der Waals surface area contributed by atoms with Crippen LogP contribution in [-0.2, 0) is 0 Å². The number of nitrogens with zero attached hydrogens (tertiary/aromatic N) is 2. The largest absolute Gasteiger partial charge is 0.353 e. The Morgan fingerprint density at radius 2 is 0.941 bits per heavy atom. The zero-order valence-corrected chi connectivity index (χ0v) is 14.0. The van der Waals surface area contributed by atoms with Crippen LogP contribution < -0.4 is 0 Å². The van der Waals surface area contributed by atoms with Crippen LogP contribution in [0.15, 0.2) is 11.6 Å². The molecule has 102 valence electrons. The number of hydrogen-bond acceptors (Lipinski definition) is 2. The monoisotopic (exact) mass is 258 g/mol. The van der Waals surface area contributed by atoms with E-state index in [1.807, 2.05) is 0 Å². The second-order valence-electron chi connectivity index (χ2n) is 5.71. The molecule has 0 N–H and O–H groups in total. The van der Waals surface area contributed by atoms with Crippen LogP contribution in [0.5, 0.6) is 0 Å². The van der Waals surface area contributed by atoms with Gasteiger partial charge in [0.15, 0.2) is 0 Å². The second-order valence-corrected chi connectivity index (χ2v) is 6.05. The maximum absolute atomic E-state index is 2.77. The van der Waals surface area contributed by atoms with E-state index in [1.165, 1.54) is 5.82 Å². The Morgan fingerprint density at radius 1 is 0.706 bits per heavy atom. The summed E-state index contributed by atoms with van der Waals surface area (Å²) < 4.78 is 0. The van der Waals surface area contributed by atoms with Crippen LogP contribution in [-0.4, -0.2) is 34.0 Å². The van der Waals surface area contributed by atoms with Crippen molar-refractivity contribution in [2.45, 2.75) is 79.6 Å². The van der Waals surface area contributed by atoms with Gasteiger partial charge in [0.25, 0.3) is 0 Å². The van der Waals surface area contributed by atoms with Crippen LogP contribution in [0.1, 0.15) is 55.4 Å². The van der Waals surface area contributed by atoms with Crippen molar-refractivity contribution in [1.29, 1.82) is 0 Å². The van der Waals surface area contributed by atoms with Crippen LogP contribution in [0.25, 0.3) is 0 Å². The lowest BCUT2D eigenvalue weighted by molar-refractivity contribution is 0.108. The molecule has 17 heavy (non-hydrogen) atoms. The minimum absolute atomic E-state index is 0.516. The quantitative estimate of drug-likeness (QED) is 0.667. The highest BCUT2D eigenvalue weighted by Crippen LogP contribution is 2.23. The molecule has 0 heterocycles. The maximum Gasteiger partial charge on any atom is 0.105 e. The fourth-order valence-electron chi connectivity index (χ4n) is 2.56. The molecule has 0 aromatic heterocycles. The molecule has 0 bridgehead atoms. The minimum atomic E-state index is 0.516. The Kier molecular flexibility index (Phi) is 7.16. The third kappa shape index (κ3) is 4.50. The summed E-state index contributed by atoms with van der Waals surface area (Å²) in [5, 5.41) is 0. The standard InChI is InChI=1S/C14H31N2P/c1-10(2)15(11(3)4)14(9-17)16(12(5)6)13(7)8/h9-13H,17H2,1-8H3. The van der Waals surface area contributed by atoms with Crippen LogP contribution in [0.3, 0.4) is 0 Å². The molecule has 0 rings (SSSR count). The van der Waals surface area contributed by atoms with Crippen molar-refractivity contribution in [2.75, 3.05) is 0 Å². The van der Waals surface area contributed by atoms with E-state index < -0.39 is 0 Å². The van der Waals surface area contributed by atoms with E-state index in [9.17, 15) is 0 Å². The molecule has 0 amide bonds. The molecule has 1 atom stereocenters. The molecule has 0 radical (unpaired) electrons. The van der Waals surface area contributed by atoms with Crippen molar-refractivity contribution >= 4 is 9.24 Å². The van der Waals surface area contributed by atoms with E-state index in [1.54, 1.807) is 0 Å². The fourth-order valence-corrected chi connectivity index (χ4v) is 2.90. The summed E-state index contributed by atoms with van der Waals surface area (Å²) in [5.74, 6) is 3.49. The number of hydrogen-bond donors (Lipinski definition) is 0. The summed E-state index contributed by atoms with van der Waals surface area (Å²) in [6.07, 6.45) is 0. The normalized spacial score (nSPS) is 11.6. The zero-order valence-electron chi connectivity index (χ0n) is 12.9. The Bertz CT molecular complexity index is 207. The topological polar surface area (TPSA) is 6.48 Å². The average Bonchev–Trinajstić information content (AvgIpc) is 2.13. The summed E-state index contributed by atoms with van der Waals surface area (Å²) in [5.41, 5.74) is 0. The van der Waals surface area contributed by atoms with Crippen LogP contribution >= 0.6 is 9.24 Å². The first-order valence-corrected chi connectivity index (χ1v) is 7.39. The van der Waals surface area contributed by atoms with Crippen molar-refractivity contribution in [2.24, 2.45) is 0 Å². The molecule has 0 aromatic rings. The summed E-state index contributed by atoms with van der Waals surface area (Å²) in [6.45, 7) is 18.1. The summed E-state index contributed by atoms with van der Waals surface area (Å²) in [7, 11) is 2.77. The summed E-state index contributed by atoms with van der Waals surface area (Å²) in [4.78, 5) is 4.96. The highest BCUT2D eigenvalue weighted by atomic mass is 31.0. The van der Waals surface area contributed by atoms with Gasteiger partial charge in [-0.3, -0.25) is 0 Å². The third-order valence-corrected chi connectivity index (χ3v) is 3.20. The maximum atomic E-state index is 2.77. The van der Waals surface area contributed by atoms with E-state index >= 15 is 0 Å². The molecule has 2 nitrogen and oxygen atoms in total. The Balaban J connectivity index is 5.28. The van der Waals surface area contributed by atoms with E-state index in [0.717, 1.165) is 0 Å². The van der Waals surface area contributed by atoms with Crippen molar-refractivity contribution in [1.82, 2.24) is 9.80 Å². The van der Waals surface area contributed by atoms with Gasteiger partial charge >= 0.3 is 0 Å². The molecular weight excluding hydrogens is 227 g/mol. The molecule has 0 fully saturated rings. The summed E-state index contributed by atoms with van der Waals surface area (Å²) >= 11 is 0. The first-order valence-electron chi connectivity index (χ1n) is 6.72. The van der Waals surface area contributed by atoms with Crippen LogP contribution in [0.4, 0.5) is 0 Å². The minimum Gasteiger partial charge on any atom is -0.353 e. The Hall–Kier alpha value is -0.230. The van der Waals surface area contributed by atoms with Crippen LogP contribution in [0.2, 0.25) is 0 Å². The fraction of sp³-hybridized carbons (Fsp3) is 0.857. The van der Waals surface area contributed by atoms with Gasteiger partial charge in [-0.05, 0) is 61.2 Å². The third-order valence-electron chi connectivity index (χ3n) is 2.90.